The molecule has 1 aromatic carbocycles. The van der Waals surface area contributed by atoms with Crippen molar-refractivity contribution in [2.75, 3.05) is 32.1 Å². The molecule has 0 spiro atoms. The quantitative estimate of drug-likeness (QED) is 0.859. The summed E-state index contributed by atoms with van der Waals surface area (Å²) in [6.45, 7) is 11.1. The highest BCUT2D eigenvalue weighted by atomic mass is 16.2. The molecule has 2 heterocycles. The molecule has 0 bridgehead atoms. The summed E-state index contributed by atoms with van der Waals surface area (Å²) >= 11 is 0. The van der Waals surface area contributed by atoms with Crippen LogP contribution in [0, 0.1) is 6.92 Å². The van der Waals surface area contributed by atoms with Gasteiger partial charge in [0.2, 0.25) is 0 Å². The third kappa shape index (κ3) is 2.91. The summed E-state index contributed by atoms with van der Waals surface area (Å²) in [7, 11) is 2.27. The molecule has 5 nitrogen and oxygen atoms in total. The Morgan fingerprint density at radius 2 is 2.00 bits per heavy atom. The third-order valence-electron chi connectivity index (χ3n) is 7.06. The first-order valence-electron chi connectivity index (χ1n) is 10.9. The summed E-state index contributed by atoms with van der Waals surface area (Å²) in [6.07, 6.45) is 4.63. The van der Waals surface area contributed by atoms with E-state index < -0.39 is 0 Å². The molecule has 2 atom stereocenters. The summed E-state index contributed by atoms with van der Waals surface area (Å²) in [5.41, 5.74) is 9.84. The number of likely N-dealkylation sites (N-methyl/N-ethyl adjacent to an activating group) is 1. The Balaban J connectivity index is 1.87. The maximum Gasteiger partial charge on any atom is 0.336 e. The summed E-state index contributed by atoms with van der Waals surface area (Å²) in [4.78, 5) is 17.2. The van der Waals surface area contributed by atoms with Crippen molar-refractivity contribution in [1.82, 2.24) is 14.5 Å². The van der Waals surface area contributed by atoms with Gasteiger partial charge in [-0.2, -0.15) is 0 Å². The molecule has 4 rings (SSSR count). The van der Waals surface area contributed by atoms with E-state index in [0.717, 1.165) is 12.8 Å². The predicted octanol–water partition coefficient (Wildman–Crippen LogP) is 4.25. The molecule has 1 fully saturated rings. The molecule has 0 radical (unpaired) electrons. The molecule has 2 aromatic rings. The largest absolute Gasteiger partial charge is 0.336 e. The van der Waals surface area contributed by atoms with Crippen LogP contribution in [0.1, 0.15) is 61.9 Å². The molecule has 0 saturated carbocycles. The molecule has 5 heteroatoms. The number of benzene rings is 1. The van der Waals surface area contributed by atoms with Crippen molar-refractivity contribution < 1.29 is 4.79 Å². The number of amides is 2. The maximum absolute atomic E-state index is 12.8. The molecule has 28 heavy (non-hydrogen) atoms. The van der Waals surface area contributed by atoms with E-state index in [1.54, 1.807) is 0 Å². The number of aryl methyl sites for hydroxylation is 1. The van der Waals surface area contributed by atoms with E-state index in [0.29, 0.717) is 25.0 Å². The van der Waals surface area contributed by atoms with Crippen molar-refractivity contribution in [2.24, 2.45) is 0 Å². The number of hydrogen-bond donors (Lipinski definition) is 1. The Bertz CT molecular complexity index is 896. The van der Waals surface area contributed by atoms with Gasteiger partial charge in [-0.15, -0.1) is 0 Å². The number of aromatic nitrogens is 1. The van der Waals surface area contributed by atoms with Crippen LogP contribution in [0.3, 0.4) is 0 Å². The Morgan fingerprint density at radius 1 is 1.25 bits per heavy atom. The zero-order valence-corrected chi connectivity index (χ0v) is 18.0. The predicted molar refractivity (Wildman–Crippen MR) is 116 cm³/mol. The zero-order valence-electron chi connectivity index (χ0n) is 18.0. The van der Waals surface area contributed by atoms with Crippen molar-refractivity contribution in [2.45, 2.75) is 65.3 Å². The molecular formula is C23H34N4O. The molecule has 1 aromatic heterocycles. The van der Waals surface area contributed by atoms with Gasteiger partial charge in [0.1, 0.15) is 0 Å². The van der Waals surface area contributed by atoms with E-state index in [2.05, 4.69) is 48.0 Å². The summed E-state index contributed by atoms with van der Waals surface area (Å²) in [5.74, 6) is 0.606. The van der Waals surface area contributed by atoms with Gasteiger partial charge in [0.05, 0.1) is 5.52 Å². The molecule has 1 N–H and O–H groups in total. The molecule has 1 aliphatic carbocycles. The highest BCUT2D eigenvalue weighted by Gasteiger charge is 2.38. The van der Waals surface area contributed by atoms with Gasteiger partial charge in [0.25, 0.3) is 0 Å². The van der Waals surface area contributed by atoms with Crippen molar-refractivity contribution in [1.29, 1.82) is 0 Å². The fraction of sp³-hybridized carbons (Fsp3) is 0.609. The van der Waals surface area contributed by atoms with Crippen LogP contribution >= 0.6 is 0 Å². The number of nitrogens with zero attached hydrogens (tertiary/aromatic N) is 3. The Kier molecular flexibility index (Phi) is 5.13. The average Bonchev–Trinajstić information content (AvgIpc) is 2.96. The first kappa shape index (κ1) is 19.3. The maximum atomic E-state index is 12.8. The minimum absolute atomic E-state index is 0.0196. The van der Waals surface area contributed by atoms with Gasteiger partial charge in [0, 0.05) is 36.1 Å². The summed E-state index contributed by atoms with van der Waals surface area (Å²) < 4.78 is 2.06. The van der Waals surface area contributed by atoms with Crippen molar-refractivity contribution in [3.63, 3.8) is 0 Å². The number of urea groups is 1. The van der Waals surface area contributed by atoms with Crippen molar-refractivity contribution in [3.8, 4) is 0 Å². The number of carbonyl (C=O) groups is 1. The molecule has 152 valence electrons. The minimum Gasteiger partial charge on any atom is -0.324 e. The highest BCUT2D eigenvalue weighted by Crippen LogP contribution is 2.45. The van der Waals surface area contributed by atoms with E-state index in [4.69, 9.17) is 0 Å². The topological polar surface area (TPSA) is 40.5 Å². The zero-order chi connectivity index (χ0) is 20.0. The monoisotopic (exact) mass is 382 g/mol. The lowest BCUT2D eigenvalue weighted by Gasteiger charge is -2.42. The van der Waals surface area contributed by atoms with Gasteiger partial charge in [-0.1, -0.05) is 13.0 Å². The summed E-state index contributed by atoms with van der Waals surface area (Å²) in [6, 6.07) is 5.28. The highest BCUT2D eigenvalue weighted by molar-refractivity contribution is 5.93. The fourth-order valence-corrected chi connectivity index (χ4v) is 5.37. The van der Waals surface area contributed by atoms with E-state index in [1.165, 1.54) is 52.7 Å². The van der Waals surface area contributed by atoms with E-state index >= 15 is 0 Å². The van der Waals surface area contributed by atoms with Crippen LogP contribution in [0.25, 0.3) is 10.9 Å². The van der Waals surface area contributed by atoms with Crippen molar-refractivity contribution >= 4 is 16.9 Å². The van der Waals surface area contributed by atoms with Gasteiger partial charge in [-0.05, 0) is 82.8 Å². The SMILES string of the molecule is CCc1cc2c3c(c(C)n(NC(=O)N(CC)CC)c3c1)C[C@@H]1[C@@H]2CCCN1C. The number of fused-ring (bicyclic) bond motifs is 2. The van der Waals surface area contributed by atoms with Crippen LogP contribution in [0.5, 0.6) is 0 Å². The number of rotatable bonds is 4. The lowest BCUT2D eigenvalue weighted by Crippen LogP contribution is -2.44. The standard InChI is InChI=1S/C23H34N4O/c1-6-16-12-19-17-10-9-11-25(5)20(17)14-18-15(4)27(21(13-16)22(18)19)24-23(28)26(7-2)8-3/h12-13,17,20H,6-11,14H2,1-5H3,(H,24,28)/t17-,20-/m1/s1. The van der Waals surface area contributed by atoms with Gasteiger partial charge in [0.15, 0.2) is 0 Å². The van der Waals surface area contributed by atoms with Crippen LogP contribution in [0.4, 0.5) is 4.79 Å². The van der Waals surface area contributed by atoms with Crippen molar-refractivity contribution in [3.05, 3.63) is 34.5 Å². The second kappa shape index (κ2) is 7.43. The first-order chi connectivity index (χ1) is 13.5. The van der Waals surface area contributed by atoms with Crippen LogP contribution in [0.2, 0.25) is 0 Å². The summed E-state index contributed by atoms with van der Waals surface area (Å²) in [5, 5.41) is 1.39. The van der Waals surface area contributed by atoms with Crippen LogP contribution in [0.15, 0.2) is 12.1 Å². The smallest absolute Gasteiger partial charge is 0.324 e. The molecule has 2 amide bonds. The van der Waals surface area contributed by atoms with Crippen LogP contribution < -0.4 is 5.43 Å². The average molecular weight is 383 g/mol. The Hall–Kier alpha value is -2.01. The van der Waals surface area contributed by atoms with Gasteiger partial charge in [-0.3, -0.25) is 4.68 Å². The molecule has 2 aliphatic rings. The minimum atomic E-state index is -0.0196. The second-order valence-electron chi connectivity index (χ2n) is 8.42. The number of nitrogens with one attached hydrogen (secondary N) is 1. The lowest BCUT2D eigenvalue weighted by atomic mass is 9.74. The van der Waals surface area contributed by atoms with E-state index in [-0.39, 0.29) is 6.03 Å². The number of likely N-dealkylation sites (tertiary alicyclic amines) is 1. The Labute approximate surface area is 168 Å². The van der Waals surface area contributed by atoms with Gasteiger partial charge < -0.3 is 9.80 Å². The Morgan fingerprint density at radius 3 is 2.68 bits per heavy atom. The number of hydrogen-bond acceptors (Lipinski definition) is 2. The lowest BCUT2D eigenvalue weighted by molar-refractivity contribution is 0.157. The number of carbonyl (C=O) groups excluding carboxylic acids is 1. The molecular weight excluding hydrogens is 348 g/mol. The van der Waals surface area contributed by atoms with Crippen LogP contribution in [-0.4, -0.2) is 53.2 Å². The first-order valence-corrected chi connectivity index (χ1v) is 10.9. The van der Waals surface area contributed by atoms with Gasteiger partial charge >= 0.3 is 6.03 Å². The van der Waals surface area contributed by atoms with E-state index in [1.807, 2.05) is 18.7 Å². The second-order valence-corrected chi connectivity index (χ2v) is 8.42. The third-order valence-corrected chi connectivity index (χ3v) is 7.06. The molecule has 1 aliphatic heterocycles. The number of piperidine rings is 1. The molecule has 0 unspecified atom stereocenters. The molecule has 1 saturated heterocycles. The van der Waals surface area contributed by atoms with Crippen LogP contribution in [-0.2, 0) is 12.8 Å². The van der Waals surface area contributed by atoms with Gasteiger partial charge in [-0.25, -0.2) is 10.2 Å². The van der Waals surface area contributed by atoms with E-state index in [9.17, 15) is 4.79 Å². The normalized spacial score (nSPS) is 21.6. The fourth-order valence-electron chi connectivity index (χ4n) is 5.37.